The van der Waals surface area contributed by atoms with E-state index in [1.165, 1.54) is 0 Å². The van der Waals surface area contributed by atoms with Crippen molar-refractivity contribution in [3.63, 3.8) is 0 Å². The molecule has 0 aliphatic carbocycles. The van der Waals surface area contributed by atoms with Gasteiger partial charge in [-0.1, -0.05) is 36.4 Å². The Morgan fingerprint density at radius 1 is 1.00 bits per heavy atom. The molecule has 1 aliphatic heterocycles. The van der Waals surface area contributed by atoms with Gasteiger partial charge in [-0.25, -0.2) is 4.98 Å². The Morgan fingerprint density at radius 2 is 1.90 bits per heavy atom. The molecular formula is C25H15ClN4. The van der Waals surface area contributed by atoms with Gasteiger partial charge < -0.3 is 5.32 Å². The van der Waals surface area contributed by atoms with Crippen LogP contribution in [0.4, 0.5) is 5.82 Å². The summed E-state index contributed by atoms with van der Waals surface area (Å²) in [4.78, 5) is 9.29. The van der Waals surface area contributed by atoms with Crippen molar-refractivity contribution in [2.24, 2.45) is 0 Å². The summed E-state index contributed by atoms with van der Waals surface area (Å²) in [7, 11) is 0. The molecule has 1 N–H and O–H groups in total. The number of hydrogen-bond acceptors (Lipinski definition) is 4. The number of rotatable bonds is 2. The zero-order valence-corrected chi connectivity index (χ0v) is 16.6. The molecule has 5 heteroatoms. The van der Waals surface area contributed by atoms with E-state index in [1.807, 2.05) is 48.6 Å². The van der Waals surface area contributed by atoms with E-state index in [4.69, 9.17) is 16.6 Å². The SMILES string of the molecule is C=C1C=Cc2cc(-c3cc(Cl)c4ncccc4c3)c(-c3cccc(C#N)c3)nc2N1. The maximum absolute atomic E-state index is 9.35. The summed E-state index contributed by atoms with van der Waals surface area (Å²) in [5, 5.41) is 14.1. The van der Waals surface area contributed by atoms with Crippen molar-refractivity contribution >= 4 is 34.4 Å². The molecule has 5 rings (SSSR count). The summed E-state index contributed by atoms with van der Waals surface area (Å²) < 4.78 is 0. The van der Waals surface area contributed by atoms with Crippen molar-refractivity contribution in [1.82, 2.24) is 9.97 Å². The first-order chi connectivity index (χ1) is 14.6. The van der Waals surface area contributed by atoms with E-state index in [0.717, 1.165) is 50.4 Å². The third kappa shape index (κ3) is 3.12. The molecule has 0 atom stereocenters. The van der Waals surface area contributed by atoms with Crippen LogP contribution in [0.5, 0.6) is 0 Å². The fourth-order valence-corrected chi connectivity index (χ4v) is 3.90. The van der Waals surface area contributed by atoms with Crippen LogP contribution in [0.3, 0.4) is 0 Å². The molecule has 30 heavy (non-hydrogen) atoms. The van der Waals surface area contributed by atoms with Gasteiger partial charge >= 0.3 is 0 Å². The van der Waals surface area contributed by atoms with E-state index in [-0.39, 0.29) is 0 Å². The number of hydrogen-bond donors (Lipinski definition) is 1. The van der Waals surface area contributed by atoms with Gasteiger partial charge in [0, 0.05) is 34.0 Å². The van der Waals surface area contributed by atoms with Crippen LogP contribution in [0.15, 0.2) is 79.1 Å². The molecule has 0 amide bonds. The molecule has 0 saturated carbocycles. The Kier molecular flexibility index (Phi) is 4.31. The summed E-state index contributed by atoms with van der Waals surface area (Å²) >= 11 is 6.56. The van der Waals surface area contributed by atoms with Gasteiger partial charge in [0.05, 0.1) is 27.9 Å². The van der Waals surface area contributed by atoms with Crippen molar-refractivity contribution in [3.05, 3.63) is 95.3 Å². The average Bonchev–Trinajstić information content (AvgIpc) is 2.78. The summed E-state index contributed by atoms with van der Waals surface area (Å²) in [6.07, 6.45) is 5.64. The first-order valence-corrected chi connectivity index (χ1v) is 9.74. The second-order valence-electron chi connectivity index (χ2n) is 7.03. The van der Waals surface area contributed by atoms with Gasteiger partial charge in [-0.15, -0.1) is 0 Å². The second kappa shape index (κ2) is 7.14. The Morgan fingerprint density at radius 3 is 2.77 bits per heavy atom. The second-order valence-corrected chi connectivity index (χ2v) is 7.44. The summed E-state index contributed by atoms with van der Waals surface area (Å²) in [6, 6.07) is 19.6. The number of nitrogens with one attached hydrogen (secondary N) is 1. The van der Waals surface area contributed by atoms with Crippen LogP contribution in [0, 0.1) is 11.3 Å². The molecule has 2 aromatic heterocycles. The molecule has 0 bridgehead atoms. The molecule has 0 spiro atoms. The van der Waals surface area contributed by atoms with Gasteiger partial charge in [0.15, 0.2) is 0 Å². The number of allylic oxidation sites excluding steroid dienone is 1. The summed E-state index contributed by atoms with van der Waals surface area (Å²) in [5.41, 5.74) is 6.56. The van der Waals surface area contributed by atoms with Gasteiger partial charge in [0.2, 0.25) is 0 Å². The van der Waals surface area contributed by atoms with Crippen molar-refractivity contribution < 1.29 is 0 Å². The monoisotopic (exact) mass is 406 g/mol. The highest BCUT2D eigenvalue weighted by Gasteiger charge is 2.17. The van der Waals surface area contributed by atoms with Crippen LogP contribution < -0.4 is 5.32 Å². The fourth-order valence-electron chi connectivity index (χ4n) is 3.62. The highest BCUT2D eigenvalue weighted by Crippen LogP contribution is 2.38. The maximum Gasteiger partial charge on any atom is 0.138 e. The highest BCUT2D eigenvalue weighted by molar-refractivity contribution is 6.35. The van der Waals surface area contributed by atoms with E-state index in [9.17, 15) is 5.26 Å². The van der Waals surface area contributed by atoms with Gasteiger partial charge in [-0.05, 0) is 54.1 Å². The van der Waals surface area contributed by atoms with Crippen molar-refractivity contribution in [3.8, 4) is 28.5 Å². The van der Waals surface area contributed by atoms with Crippen molar-refractivity contribution in [2.45, 2.75) is 0 Å². The third-order valence-corrected chi connectivity index (χ3v) is 5.32. The van der Waals surface area contributed by atoms with Crippen LogP contribution in [-0.4, -0.2) is 9.97 Å². The number of halogens is 1. The molecule has 3 heterocycles. The summed E-state index contributed by atoms with van der Waals surface area (Å²) in [6.45, 7) is 3.96. The van der Waals surface area contributed by atoms with Crippen LogP contribution in [0.25, 0.3) is 39.4 Å². The molecule has 0 unspecified atom stereocenters. The van der Waals surface area contributed by atoms with Crippen LogP contribution in [0.2, 0.25) is 5.02 Å². The lowest BCUT2D eigenvalue weighted by Crippen LogP contribution is -2.06. The molecule has 4 aromatic rings. The average molecular weight is 407 g/mol. The smallest absolute Gasteiger partial charge is 0.138 e. The predicted molar refractivity (Wildman–Crippen MR) is 122 cm³/mol. The molecule has 0 saturated heterocycles. The van der Waals surface area contributed by atoms with E-state index >= 15 is 0 Å². The van der Waals surface area contributed by atoms with Crippen molar-refractivity contribution in [2.75, 3.05) is 5.32 Å². The number of benzene rings is 2. The maximum atomic E-state index is 9.35. The Balaban J connectivity index is 1.80. The van der Waals surface area contributed by atoms with Gasteiger partial charge in [-0.2, -0.15) is 5.26 Å². The predicted octanol–water partition coefficient (Wildman–Crippen LogP) is 6.44. The minimum atomic E-state index is 0.580. The standard InChI is InChI=1S/C25H15ClN4/c1-15-7-8-19-12-21(20-11-18-6-3-9-28-24(18)22(26)13-20)23(30-25(19)29-15)17-5-2-4-16(10-17)14-27/h2-13H,1H2,(H,29,30). The lowest BCUT2D eigenvalue weighted by molar-refractivity contribution is 1.27. The number of nitriles is 1. The fraction of sp³-hybridized carbons (Fsp3) is 0. The number of pyridine rings is 2. The molecular weight excluding hydrogens is 392 g/mol. The zero-order valence-electron chi connectivity index (χ0n) is 15.9. The molecule has 0 radical (unpaired) electrons. The van der Waals surface area contributed by atoms with Crippen LogP contribution in [0.1, 0.15) is 11.1 Å². The third-order valence-electron chi connectivity index (χ3n) is 5.03. The topological polar surface area (TPSA) is 61.6 Å². The highest BCUT2D eigenvalue weighted by atomic mass is 35.5. The summed E-state index contributed by atoms with van der Waals surface area (Å²) in [5.74, 6) is 0.733. The van der Waals surface area contributed by atoms with E-state index < -0.39 is 0 Å². The first kappa shape index (κ1) is 18.1. The Hall–Kier alpha value is -3.94. The largest absolute Gasteiger partial charge is 0.340 e. The number of anilines is 1. The lowest BCUT2D eigenvalue weighted by Gasteiger charge is -2.19. The van der Waals surface area contributed by atoms with Crippen LogP contribution >= 0.6 is 11.6 Å². The minimum Gasteiger partial charge on any atom is -0.340 e. The number of nitrogens with zero attached hydrogens (tertiary/aromatic N) is 3. The first-order valence-electron chi connectivity index (χ1n) is 9.36. The quantitative estimate of drug-likeness (QED) is 0.416. The van der Waals surface area contributed by atoms with Crippen LogP contribution in [-0.2, 0) is 0 Å². The Bertz CT molecular complexity index is 1410. The van der Waals surface area contributed by atoms with Gasteiger partial charge in [-0.3, -0.25) is 4.98 Å². The molecule has 4 nitrogen and oxygen atoms in total. The van der Waals surface area contributed by atoms with E-state index in [2.05, 4.69) is 35.1 Å². The molecule has 1 aliphatic rings. The van der Waals surface area contributed by atoms with E-state index in [1.54, 1.807) is 12.3 Å². The number of aromatic nitrogens is 2. The van der Waals surface area contributed by atoms with Gasteiger partial charge in [0.1, 0.15) is 5.82 Å². The minimum absolute atomic E-state index is 0.580. The van der Waals surface area contributed by atoms with E-state index in [0.29, 0.717) is 10.6 Å². The molecule has 142 valence electrons. The normalized spacial score (nSPS) is 12.3. The Labute approximate surface area is 178 Å². The molecule has 2 aromatic carbocycles. The lowest BCUT2D eigenvalue weighted by atomic mass is 9.95. The number of fused-ring (bicyclic) bond motifs is 2. The zero-order chi connectivity index (χ0) is 20.7. The van der Waals surface area contributed by atoms with Gasteiger partial charge in [0.25, 0.3) is 0 Å². The van der Waals surface area contributed by atoms with Crippen molar-refractivity contribution in [1.29, 1.82) is 5.26 Å². The molecule has 0 fully saturated rings.